The molecule has 52 valence electrons. The first-order valence-corrected chi connectivity index (χ1v) is 4.24. The topological polar surface area (TPSA) is 9.23 Å². The lowest BCUT2D eigenvalue weighted by Gasteiger charge is -1.87. The lowest BCUT2D eigenvalue weighted by atomic mass is 10.8. The molecule has 0 saturated heterocycles. The first kappa shape index (κ1) is 9.14. The van der Waals surface area contributed by atoms with Gasteiger partial charge >= 0.3 is 0 Å². The van der Waals surface area contributed by atoms with Gasteiger partial charge in [-0.15, -0.1) is 0 Å². The summed E-state index contributed by atoms with van der Waals surface area (Å²) in [5, 5.41) is 3.77. The van der Waals surface area contributed by atoms with Gasteiger partial charge in [-0.25, -0.2) is 3.63 Å². The molecule has 0 N–H and O–H groups in total. The van der Waals surface area contributed by atoms with Gasteiger partial charge in [0.05, 0.1) is 0 Å². The lowest BCUT2D eigenvalue weighted by Crippen LogP contribution is -1.53. The van der Waals surface area contributed by atoms with Crippen molar-refractivity contribution in [2.24, 2.45) is 0 Å². The van der Waals surface area contributed by atoms with Crippen LogP contribution in [0.4, 0.5) is 0 Å². The summed E-state index contributed by atoms with van der Waals surface area (Å²) in [4.78, 5) is 0. The van der Waals surface area contributed by atoms with Crippen LogP contribution < -0.4 is 0 Å². The van der Waals surface area contributed by atoms with E-state index in [0.717, 1.165) is 0 Å². The fraction of sp³-hybridized carbons (Fsp3) is 0.333. The first-order chi connectivity index (χ1) is 4.41. The van der Waals surface area contributed by atoms with Crippen LogP contribution in [0.1, 0.15) is 13.8 Å². The van der Waals surface area contributed by atoms with E-state index < -0.39 is 0 Å². The van der Waals surface area contributed by atoms with Crippen LogP contribution in [0, 0.1) is 0 Å². The minimum absolute atomic E-state index is 1.32. The van der Waals surface area contributed by atoms with Crippen LogP contribution >= 0.6 is 24.1 Å². The number of hydrogen-bond acceptors (Lipinski definition) is 3. The summed E-state index contributed by atoms with van der Waals surface area (Å²) in [6, 6.07) is 0. The molecule has 1 nitrogen and oxygen atoms in total. The van der Waals surface area contributed by atoms with Crippen molar-refractivity contribution in [3.05, 3.63) is 23.0 Å². The smallest absolute Gasteiger partial charge is 0.0364 e. The molecule has 0 radical (unpaired) electrons. The van der Waals surface area contributed by atoms with E-state index in [2.05, 4.69) is 0 Å². The molecular formula is C6H10OS2. The zero-order chi connectivity index (χ0) is 6.95. The summed E-state index contributed by atoms with van der Waals surface area (Å²) in [5.74, 6) is 0. The SMILES string of the molecule is CC=CSOSC=CC. The van der Waals surface area contributed by atoms with Crippen molar-refractivity contribution < 1.29 is 3.63 Å². The molecule has 0 saturated carbocycles. The molecule has 3 heteroatoms. The monoisotopic (exact) mass is 162 g/mol. The highest BCUT2D eigenvalue weighted by Gasteiger charge is 1.77. The van der Waals surface area contributed by atoms with Gasteiger partial charge in [0.25, 0.3) is 0 Å². The molecule has 0 aromatic rings. The van der Waals surface area contributed by atoms with Crippen LogP contribution in [0.3, 0.4) is 0 Å². The molecule has 0 atom stereocenters. The molecule has 9 heavy (non-hydrogen) atoms. The highest BCUT2D eigenvalue weighted by molar-refractivity contribution is 8.10. The number of rotatable bonds is 4. The van der Waals surface area contributed by atoms with E-state index in [4.69, 9.17) is 3.63 Å². The van der Waals surface area contributed by atoms with Crippen molar-refractivity contribution in [2.45, 2.75) is 13.8 Å². The molecule has 0 fully saturated rings. The molecule has 0 aliphatic rings. The fourth-order valence-electron chi connectivity index (χ4n) is 0.179. The summed E-state index contributed by atoms with van der Waals surface area (Å²) in [5.41, 5.74) is 0. The van der Waals surface area contributed by atoms with Crippen molar-refractivity contribution in [2.75, 3.05) is 0 Å². The minimum Gasteiger partial charge on any atom is -0.238 e. The molecule has 0 unspecified atom stereocenters. The van der Waals surface area contributed by atoms with Gasteiger partial charge in [-0.1, -0.05) is 12.2 Å². The Morgan fingerprint density at radius 1 is 1.00 bits per heavy atom. The highest BCUT2D eigenvalue weighted by atomic mass is 32.2. The summed E-state index contributed by atoms with van der Waals surface area (Å²) in [6.45, 7) is 3.91. The molecule has 0 aliphatic carbocycles. The molecule has 0 bridgehead atoms. The zero-order valence-corrected chi connectivity index (χ0v) is 7.17. The maximum Gasteiger partial charge on any atom is 0.0364 e. The molecule has 0 amide bonds. The average Bonchev–Trinajstić information content (AvgIpc) is 1.89. The molecule has 0 rings (SSSR count). The zero-order valence-electron chi connectivity index (χ0n) is 5.53. The van der Waals surface area contributed by atoms with Gasteiger partial charge in [0.2, 0.25) is 0 Å². The van der Waals surface area contributed by atoms with Gasteiger partial charge in [-0.3, -0.25) is 0 Å². The molecule has 0 aromatic heterocycles. The third-order valence-electron chi connectivity index (χ3n) is 0.462. The summed E-state index contributed by atoms with van der Waals surface area (Å²) < 4.78 is 4.97. The van der Waals surface area contributed by atoms with Crippen LogP contribution in [0.15, 0.2) is 23.0 Å². The normalized spacial score (nSPS) is 11.8. The van der Waals surface area contributed by atoms with Crippen molar-refractivity contribution in [1.82, 2.24) is 0 Å². The second-order valence-corrected chi connectivity index (χ2v) is 2.67. The minimum atomic E-state index is 1.32. The van der Waals surface area contributed by atoms with Crippen molar-refractivity contribution in [1.29, 1.82) is 0 Å². The Morgan fingerprint density at radius 3 is 1.78 bits per heavy atom. The van der Waals surface area contributed by atoms with Gasteiger partial charge in [0.15, 0.2) is 0 Å². The maximum absolute atomic E-state index is 4.97. The second kappa shape index (κ2) is 8.14. The third-order valence-corrected chi connectivity index (χ3v) is 1.86. The molecule has 0 aromatic carbocycles. The Balaban J connectivity index is 2.91. The number of allylic oxidation sites excluding steroid dienone is 2. The standard InChI is InChI=1S/C6H10OS2/c1-3-5-8-7-9-6-4-2/h3-6H,1-2H3. The van der Waals surface area contributed by atoms with Gasteiger partial charge in [-0.05, 0) is 24.7 Å². The van der Waals surface area contributed by atoms with Crippen LogP contribution in [0.2, 0.25) is 0 Å². The second-order valence-electron chi connectivity index (χ2n) is 1.20. The van der Waals surface area contributed by atoms with Crippen LogP contribution in [0.5, 0.6) is 0 Å². The van der Waals surface area contributed by atoms with E-state index in [0.29, 0.717) is 0 Å². The summed E-state index contributed by atoms with van der Waals surface area (Å²) in [6.07, 6.45) is 3.86. The predicted octanol–water partition coefficient (Wildman–Crippen LogP) is 3.37. The Labute approximate surface area is 65.0 Å². The largest absolute Gasteiger partial charge is 0.238 e. The highest BCUT2D eigenvalue weighted by Crippen LogP contribution is 2.15. The van der Waals surface area contributed by atoms with E-state index in [1.165, 1.54) is 24.1 Å². The van der Waals surface area contributed by atoms with E-state index in [1.54, 1.807) is 0 Å². The maximum atomic E-state index is 4.97. The summed E-state index contributed by atoms with van der Waals surface area (Å²) >= 11 is 2.65. The van der Waals surface area contributed by atoms with Crippen LogP contribution in [-0.4, -0.2) is 0 Å². The van der Waals surface area contributed by atoms with Crippen LogP contribution in [-0.2, 0) is 3.63 Å². The van der Waals surface area contributed by atoms with E-state index >= 15 is 0 Å². The molecule has 0 heterocycles. The van der Waals surface area contributed by atoms with E-state index in [-0.39, 0.29) is 0 Å². The van der Waals surface area contributed by atoms with Crippen molar-refractivity contribution >= 4 is 24.1 Å². The Hall–Kier alpha value is 0.140. The van der Waals surface area contributed by atoms with Crippen molar-refractivity contribution in [3.8, 4) is 0 Å². The lowest BCUT2D eigenvalue weighted by molar-refractivity contribution is 0.774. The Bertz CT molecular complexity index is 87.2. The van der Waals surface area contributed by atoms with Gasteiger partial charge in [-0.2, -0.15) is 0 Å². The average molecular weight is 162 g/mol. The first-order valence-electron chi connectivity index (χ1n) is 2.63. The Kier molecular flexibility index (Phi) is 8.27. The molecule has 0 aliphatic heterocycles. The van der Waals surface area contributed by atoms with E-state index in [1.807, 2.05) is 36.8 Å². The Morgan fingerprint density at radius 2 is 1.44 bits per heavy atom. The molecular weight excluding hydrogens is 152 g/mol. The van der Waals surface area contributed by atoms with Crippen molar-refractivity contribution in [3.63, 3.8) is 0 Å². The predicted molar refractivity (Wildman–Crippen MR) is 45.9 cm³/mol. The third kappa shape index (κ3) is 8.14. The van der Waals surface area contributed by atoms with Gasteiger partial charge in [0.1, 0.15) is 0 Å². The van der Waals surface area contributed by atoms with Gasteiger partial charge in [0, 0.05) is 24.1 Å². The summed E-state index contributed by atoms with van der Waals surface area (Å²) in [7, 11) is 0. The van der Waals surface area contributed by atoms with E-state index in [9.17, 15) is 0 Å². The number of hydrogen-bond donors (Lipinski definition) is 0. The quantitative estimate of drug-likeness (QED) is 0.463. The molecule has 0 spiro atoms. The van der Waals surface area contributed by atoms with Crippen LogP contribution in [0.25, 0.3) is 0 Å². The van der Waals surface area contributed by atoms with Gasteiger partial charge < -0.3 is 0 Å². The fourth-order valence-corrected chi connectivity index (χ4v) is 0.946.